The van der Waals surface area contributed by atoms with Crippen molar-refractivity contribution in [2.45, 2.75) is 20.0 Å². The van der Waals surface area contributed by atoms with E-state index in [2.05, 4.69) is 0 Å². The van der Waals surface area contributed by atoms with Gasteiger partial charge >= 0.3 is 0 Å². The van der Waals surface area contributed by atoms with Gasteiger partial charge in [-0.05, 0) is 48.2 Å². The molecule has 2 rings (SSSR count). The molecule has 0 aliphatic rings. The Morgan fingerprint density at radius 2 is 1.44 bits per heavy atom. The summed E-state index contributed by atoms with van der Waals surface area (Å²) in [6.07, 6.45) is -0.681. The van der Waals surface area contributed by atoms with Gasteiger partial charge in [-0.15, -0.1) is 0 Å². The molecule has 18 heavy (non-hydrogen) atoms. The number of aryl methyl sites for hydroxylation is 2. The van der Waals surface area contributed by atoms with Crippen LogP contribution in [0, 0.1) is 13.8 Å². The first-order chi connectivity index (χ1) is 8.49. The molecule has 0 fully saturated rings. The normalized spacial score (nSPS) is 12.5. The van der Waals surface area contributed by atoms with E-state index in [1.807, 2.05) is 38.1 Å². The molecule has 0 amide bonds. The Morgan fingerprint density at radius 1 is 0.833 bits per heavy atom. The van der Waals surface area contributed by atoms with Crippen LogP contribution in [-0.4, -0.2) is 5.11 Å². The molecular formula is C15H14Cl2O. The molecule has 0 bridgehead atoms. The van der Waals surface area contributed by atoms with Crippen molar-refractivity contribution in [1.29, 1.82) is 0 Å². The molecule has 0 aliphatic heterocycles. The van der Waals surface area contributed by atoms with Crippen LogP contribution in [0.4, 0.5) is 0 Å². The van der Waals surface area contributed by atoms with Crippen molar-refractivity contribution in [2.75, 3.05) is 0 Å². The lowest BCUT2D eigenvalue weighted by Gasteiger charge is -2.13. The molecule has 94 valence electrons. The van der Waals surface area contributed by atoms with Gasteiger partial charge in [0.2, 0.25) is 0 Å². The number of aliphatic hydroxyl groups excluding tert-OH is 1. The van der Waals surface area contributed by atoms with Crippen molar-refractivity contribution >= 4 is 23.2 Å². The number of hydrogen-bond donors (Lipinski definition) is 1. The van der Waals surface area contributed by atoms with Crippen LogP contribution in [0.3, 0.4) is 0 Å². The Balaban J connectivity index is 2.37. The lowest BCUT2D eigenvalue weighted by atomic mass is 9.99. The summed E-state index contributed by atoms with van der Waals surface area (Å²) in [6.45, 7) is 3.85. The summed E-state index contributed by atoms with van der Waals surface area (Å²) in [7, 11) is 0. The fraction of sp³-hybridized carbons (Fsp3) is 0.200. The third kappa shape index (κ3) is 2.69. The van der Waals surface area contributed by atoms with E-state index in [0.29, 0.717) is 10.0 Å². The summed E-state index contributed by atoms with van der Waals surface area (Å²) < 4.78 is 0. The minimum absolute atomic E-state index is 0.664. The maximum atomic E-state index is 10.3. The molecule has 0 aliphatic carbocycles. The number of rotatable bonds is 2. The Morgan fingerprint density at radius 3 is 2.06 bits per heavy atom. The highest BCUT2D eigenvalue weighted by Crippen LogP contribution is 2.28. The van der Waals surface area contributed by atoms with Gasteiger partial charge in [0, 0.05) is 10.0 Å². The maximum absolute atomic E-state index is 10.3. The average Bonchev–Trinajstić information content (AvgIpc) is 2.35. The Labute approximate surface area is 117 Å². The van der Waals surface area contributed by atoms with E-state index < -0.39 is 6.10 Å². The van der Waals surface area contributed by atoms with Gasteiger partial charge in [0.25, 0.3) is 0 Å². The van der Waals surface area contributed by atoms with Crippen LogP contribution < -0.4 is 0 Å². The average molecular weight is 281 g/mol. The lowest BCUT2D eigenvalue weighted by molar-refractivity contribution is 0.220. The van der Waals surface area contributed by atoms with Crippen molar-refractivity contribution in [3.05, 3.63) is 68.7 Å². The summed E-state index contributed by atoms with van der Waals surface area (Å²) in [5.41, 5.74) is 3.55. The van der Waals surface area contributed by atoms with E-state index in [1.165, 1.54) is 0 Å². The third-order valence-corrected chi connectivity index (χ3v) is 3.84. The molecule has 2 aromatic carbocycles. The fourth-order valence-corrected chi connectivity index (χ4v) is 2.12. The number of halogens is 2. The molecule has 1 atom stereocenters. The smallest absolute Gasteiger partial charge is 0.104 e. The molecule has 0 saturated carbocycles. The van der Waals surface area contributed by atoms with E-state index in [4.69, 9.17) is 23.2 Å². The van der Waals surface area contributed by atoms with Crippen LogP contribution in [0.1, 0.15) is 28.4 Å². The SMILES string of the molecule is Cc1cc(C(O)c2ccc(C)c(Cl)c2)ccc1Cl. The quantitative estimate of drug-likeness (QED) is 0.846. The van der Waals surface area contributed by atoms with Crippen molar-refractivity contribution in [3.8, 4) is 0 Å². The van der Waals surface area contributed by atoms with Crippen molar-refractivity contribution in [2.24, 2.45) is 0 Å². The number of benzene rings is 2. The highest BCUT2D eigenvalue weighted by atomic mass is 35.5. The first-order valence-electron chi connectivity index (χ1n) is 5.69. The molecule has 3 heteroatoms. The lowest BCUT2D eigenvalue weighted by Crippen LogP contribution is -2.00. The Bertz CT molecular complexity index is 527. The first kappa shape index (κ1) is 13.4. The minimum Gasteiger partial charge on any atom is -0.384 e. The zero-order valence-electron chi connectivity index (χ0n) is 10.2. The van der Waals surface area contributed by atoms with Gasteiger partial charge in [-0.1, -0.05) is 47.5 Å². The summed E-state index contributed by atoms with van der Waals surface area (Å²) in [4.78, 5) is 0. The van der Waals surface area contributed by atoms with Gasteiger partial charge in [0.15, 0.2) is 0 Å². The minimum atomic E-state index is -0.681. The zero-order chi connectivity index (χ0) is 13.3. The van der Waals surface area contributed by atoms with Gasteiger partial charge < -0.3 is 5.11 Å². The molecule has 0 saturated heterocycles. The van der Waals surface area contributed by atoms with Gasteiger partial charge in [0.1, 0.15) is 6.10 Å². The zero-order valence-corrected chi connectivity index (χ0v) is 11.8. The Hall–Kier alpha value is -1.02. The first-order valence-corrected chi connectivity index (χ1v) is 6.45. The highest BCUT2D eigenvalue weighted by Gasteiger charge is 2.12. The maximum Gasteiger partial charge on any atom is 0.104 e. The molecule has 0 heterocycles. The molecule has 0 spiro atoms. The van der Waals surface area contributed by atoms with E-state index >= 15 is 0 Å². The predicted octanol–water partition coefficient (Wildman–Crippen LogP) is 4.69. The van der Waals surface area contributed by atoms with E-state index in [-0.39, 0.29) is 0 Å². The standard InChI is InChI=1S/C15H14Cl2O/c1-9-3-4-12(8-14(9)17)15(18)11-5-6-13(16)10(2)7-11/h3-8,15,18H,1-2H3. The second kappa shape index (κ2) is 5.31. The second-order valence-electron chi connectivity index (χ2n) is 4.42. The highest BCUT2D eigenvalue weighted by molar-refractivity contribution is 6.31. The molecule has 1 unspecified atom stereocenters. The summed E-state index contributed by atoms with van der Waals surface area (Å²) in [5, 5.41) is 11.7. The Kier molecular flexibility index (Phi) is 3.96. The molecule has 0 aromatic heterocycles. The summed E-state index contributed by atoms with van der Waals surface area (Å²) in [6, 6.07) is 11.1. The van der Waals surface area contributed by atoms with E-state index in [1.54, 1.807) is 12.1 Å². The van der Waals surface area contributed by atoms with Gasteiger partial charge in [-0.2, -0.15) is 0 Å². The molecule has 1 N–H and O–H groups in total. The number of aliphatic hydroxyl groups is 1. The largest absolute Gasteiger partial charge is 0.384 e. The van der Waals surface area contributed by atoms with Crippen molar-refractivity contribution in [1.82, 2.24) is 0 Å². The van der Waals surface area contributed by atoms with Crippen molar-refractivity contribution in [3.63, 3.8) is 0 Å². The molecule has 1 nitrogen and oxygen atoms in total. The van der Waals surface area contributed by atoms with Gasteiger partial charge in [0.05, 0.1) is 0 Å². The van der Waals surface area contributed by atoms with Crippen LogP contribution in [0.2, 0.25) is 10.0 Å². The number of hydrogen-bond acceptors (Lipinski definition) is 1. The second-order valence-corrected chi connectivity index (χ2v) is 5.23. The van der Waals surface area contributed by atoms with Crippen LogP contribution in [0.5, 0.6) is 0 Å². The van der Waals surface area contributed by atoms with E-state index in [0.717, 1.165) is 22.3 Å². The summed E-state index contributed by atoms with van der Waals surface area (Å²) >= 11 is 12.0. The van der Waals surface area contributed by atoms with Crippen LogP contribution in [0.25, 0.3) is 0 Å². The van der Waals surface area contributed by atoms with Gasteiger partial charge in [-0.25, -0.2) is 0 Å². The topological polar surface area (TPSA) is 20.2 Å². The monoisotopic (exact) mass is 280 g/mol. The molecule has 2 aromatic rings. The van der Waals surface area contributed by atoms with Crippen LogP contribution in [-0.2, 0) is 0 Å². The third-order valence-electron chi connectivity index (χ3n) is 3.01. The van der Waals surface area contributed by atoms with Crippen LogP contribution >= 0.6 is 23.2 Å². The fourth-order valence-electron chi connectivity index (χ4n) is 1.81. The predicted molar refractivity (Wildman–Crippen MR) is 76.4 cm³/mol. The molecule has 0 radical (unpaired) electrons. The molecular weight excluding hydrogens is 267 g/mol. The van der Waals surface area contributed by atoms with E-state index in [9.17, 15) is 5.11 Å². The summed E-state index contributed by atoms with van der Waals surface area (Å²) in [5.74, 6) is 0. The van der Waals surface area contributed by atoms with Crippen LogP contribution in [0.15, 0.2) is 36.4 Å². The van der Waals surface area contributed by atoms with Crippen molar-refractivity contribution < 1.29 is 5.11 Å². The van der Waals surface area contributed by atoms with Gasteiger partial charge in [-0.3, -0.25) is 0 Å².